The molecule has 2 heterocycles. The van der Waals surface area contributed by atoms with Crippen molar-refractivity contribution >= 4 is 11.6 Å². The summed E-state index contributed by atoms with van der Waals surface area (Å²) in [5.41, 5.74) is 5.76. The Morgan fingerprint density at radius 2 is 2.35 bits per heavy atom. The second kappa shape index (κ2) is 4.75. The third kappa shape index (κ3) is 2.00. The molecule has 1 aliphatic heterocycles. The number of anilines is 2. The summed E-state index contributed by atoms with van der Waals surface area (Å²) < 4.78 is 5.24. The summed E-state index contributed by atoms with van der Waals surface area (Å²) in [6.45, 7) is 3.07. The number of nitrogen functional groups attached to an aromatic ring is 1. The summed E-state index contributed by atoms with van der Waals surface area (Å²) in [6, 6.07) is 0.0678. The van der Waals surface area contributed by atoms with Gasteiger partial charge in [-0.15, -0.1) is 0 Å². The second-order valence-corrected chi connectivity index (χ2v) is 4.33. The van der Waals surface area contributed by atoms with Gasteiger partial charge in [-0.25, -0.2) is 9.97 Å². The van der Waals surface area contributed by atoms with Crippen LogP contribution in [0.25, 0.3) is 0 Å². The lowest BCUT2D eigenvalue weighted by molar-refractivity contribution is 0.244. The zero-order chi connectivity index (χ0) is 12.4. The van der Waals surface area contributed by atoms with Crippen molar-refractivity contribution in [2.75, 3.05) is 30.9 Å². The standard InChI is InChI=1S/C11H18N4O2/c1-7-3-4-15(8(7)5-16)11-9(17-2)10(12)13-6-14-11/h6-8,16H,3-5H2,1-2H3,(H2,12,13,14). The van der Waals surface area contributed by atoms with Crippen LogP contribution in [0.4, 0.5) is 11.6 Å². The monoisotopic (exact) mass is 238 g/mol. The predicted molar refractivity (Wildman–Crippen MR) is 65.0 cm³/mol. The molecule has 2 rings (SSSR count). The molecule has 17 heavy (non-hydrogen) atoms. The normalized spacial score (nSPS) is 24.1. The molecule has 1 aromatic rings. The first-order valence-electron chi connectivity index (χ1n) is 5.71. The lowest BCUT2D eigenvalue weighted by atomic mass is 10.0. The van der Waals surface area contributed by atoms with Crippen LogP contribution in [0.1, 0.15) is 13.3 Å². The van der Waals surface area contributed by atoms with E-state index in [0.29, 0.717) is 23.3 Å². The van der Waals surface area contributed by atoms with Crippen LogP contribution in [0, 0.1) is 5.92 Å². The number of rotatable bonds is 3. The van der Waals surface area contributed by atoms with Crippen molar-refractivity contribution in [2.45, 2.75) is 19.4 Å². The number of aromatic nitrogens is 2. The highest BCUT2D eigenvalue weighted by molar-refractivity contribution is 5.63. The van der Waals surface area contributed by atoms with E-state index in [1.54, 1.807) is 7.11 Å². The summed E-state index contributed by atoms with van der Waals surface area (Å²) in [4.78, 5) is 10.2. The average molecular weight is 238 g/mol. The van der Waals surface area contributed by atoms with Crippen molar-refractivity contribution in [3.8, 4) is 5.75 Å². The summed E-state index contributed by atoms with van der Waals surface area (Å²) in [5.74, 6) is 1.91. The summed E-state index contributed by atoms with van der Waals surface area (Å²) >= 11 is 0. The fourth-order valence-corrected chi connectivity index (χ4v) is 2.33. The van der Waals surface area contributed by atoms with Gasteiger partial charge in [0.15, 0.2) is 11.6 Å². The van der Waals surface area contributed by atoms with Crippen molar-refractivity contribution in [1.82, 2.24) is 9.97 Å². The van der Waals surface area contributed by atoms with E-state index >= 15 is 0 Å². The molecule has 0 bridgehead atoms. The molecule has 0 aliphatic carbocycles. The minimum absolute atomic E-state index is 0.0678. The SMILES string of the molecule is COc1c(N)ncnc1N1CCC(C)C1CO. The number of hydrogen-bond acceptors (Lipinski definition) is 6. The van der Waals surface area contributed by atoms with Gasteiger partial charge in [-0.3, -0.25) is 0 Å². The van der Waals surface area contributed by atoms with Crippen LogP contribution >= 0.6 is 0 Å². The molecule has 2 atom stereocenters. The molecule has 0 aromatic carbocycles. The van der Waals surface area contributed by atoms with Crippen LogP contribution in [0.2, 0.25) is 0 Å². The van der Waals surface area contributed by atoms with Gasteiger partial charge in [-0.05, 0) is 12.3 Å². The summed E-state index contributed by atoms with van der Waals surface area (Å²) in [6.07, 6.45) is 2.45. The highest BCUT2D eigenvalue weighted by Gasteiger charge is 2.33. The Bertz CT molecular complexity index is 399. The molecule has 1 saturated heterocycles. The lowest BCUT2D eigenvalue weighted by Gasteiger charge is -2.27. The lowest BCUT2D eigenvalue weighted by Crippen LogP contribution is -2.36. The molecule has 1 fully saturated rings. The van der Waals surface area contributed by atoms with Crippen LogP contribution in [-0.4, -0.2) is 41.4 Å². The maximum absolute atomic E-state index is 9.44. The van der Waals surface area contributed by atoms with Gasteiger partial charge >= 0.3 is 0 Å². The van der Waals surface area contributed by atoms with Gasteiger partial charge in [0.25, 0.3) is 0 Å². The Morgan fingerprint density at radius 1 is 1.59 bits per heavy atom. The molecule has 3 N–H and O–H groups in total. The maximum Gasteiger partial charge on any atom is 0.204 e. The highest BCUT2D eigenvalue weighted by Crippen LogP contribution is 2.36. The summed E-state index contributed by atoms with van der Waals surface area (Å²) in [5, 5.41) is 9.44. The molecule has 0 radical (unpaired) electrons. The number of hydrogen-bond donors (Lipinski definition) is 2. The number of nitrogens with two attached hydrogens (primary N) is 1. The molecular weight excluding hydrogens is 220 g/mol. The smallest absolute Gasteiger partial charge is 0.204 e. The first kappa shape index (κ1) is 11.9. The van der Waals surface area contributed by atoms with Crippen LogP contribution in [0.3, 0.4) is 0 Å². The molecule has 0 saturated carbocycles. The molecular formula is C11H18N4O2. The number of aliphatic hydroxyl groups is 1. The van der Waals surface area contributed by atoms with Crippen molar-refractivity contribution in [3.05, 3.63) is 6.33 Å². The fraction of sp³-hybridized carbons (Fsp3) is 0.636. The van der Waals surface area contributed by atoms with Gasteiger partial charge in [0.1, 0.15) is 6.33 Å². The topological polar surface area (TPSA) is 84.5 Å². The molecule has 6 heteroatoms. The van der Waals surface area contributed by atoms with Gasteiger partial charge in [-0.1, -0.05) is 6.92 Å². The predicted octanol–water partition coefficient (Wildman–Crippen LogP) is 0.274. The number of nitrogens with zero attached hydrogens (tertiary/aromatic N) is 3. The zero-order valence-electron chi connectivity index (χ0n) is 10.1. The van der Waals surface area contributed by atoms with E-state index in [1.807, 2.05) is 4.90 Å². The van der Waals surface area contributed by atoms with Gasteiger partial charge < -0.3 is 20.5 Å². The van der Waals surface area contributed by atoms with Crippen LogP contribution in [0.5, 0.6) is 5.75 Å². The van der Waals surface area contributed by atoms with Crippen LogP contribution < -0.4 is 15.4 Å². The maximum atomic E-state index is 9.44. The summed E-state index contributed by atoms with van der Waals surface area (Å²) in [7, 11) is 1.55. The third-order valence-corrected chi connectivity index (χ3v) is 3.36. The minimum Gasteiger partial charge on any atom is -0.490 e. The number of ether oxygens (including phenoxy) is 1. The highest BCUT2D eigenvalue weighted by atomic mass is 16.5. The number of aliphatic hydroxyl groups excluding tert-OH is 1. The van der Waals surface area contributed by atoms with Gasteiger partial charge in [0.05, 0.1) is 19.8 Å². The zero-order valence-corrected chi connectivity index (χ0v) is 10.1. The molecule has 94 valence electrons. The fourth-order valence-electron chi connectivity index (χ4n) is 2.33. The van der Waals surface area contributed by atoms with Crippen molar-refractivity contribution < 1.29 is 9.84 Å². The van der Waals surface area contributed by atoms with Crippen molar-refractivity contribution in [2.24, 2.45) is 5.92 Å². The molecule has 0 amide bonds. The Hall–Kier alpha value is -1.56. The van der Waals surface area contributed by atoms with E-state index in [-0.39, 0.29) is 12.6 Å². The Kier molecular flexibility index (Phi) is 3.33. The second-order valence-electron chi connectivity index (χ2n) is 4.33. The first-order chi connectivity index (χ1) is 8.19. The Morgan fingerprint density at radius 3 is 3.00 bits per heavy atom. The van der Waals surface area contributed by atoms with E-state index in [2.05, 4.69) is 16.9 Å². The van der Waals surface area contributed by atoms with Crippen molar-refractivity contribution in [3.63, 3.8) is 0 Å². The van der Waals surface area contributed by atoms with Gasteiger partial charge in [0.2, 0.25) is 5.75 Å². The van der Waals surface area contributed by atoms with E-state index in [9.17, 15) is 5.11 Å². The Labute approximate surface area is 100 Å². The largest absolute Gasteiger partial charge is 0.490 e. The first-order valence-corrected chi connectivity index (χ1v) is 5.71. The van der Waals surface area contributed by atoms with Crippen molar-refractivity contribution in [1.29, 1.82) is 0 Å². The van der Waals surface area contributed by atoms with E-state index in [0.717, 1.165) is 13.0 Å². The molecule has 6 nitrogen and oxygen atoms in total. The van der Waals surface area contributed by atoms with E-state index in [4.69, 9.17) is 10.5 Å². The van der Waals surface area contributed by atoms with Crippen LogP contribution in [-0.2, 0) is 0 Å². The molecule has 2 unspecified atom stereocenters. The van der Waals surface area contributed by atoms with Crippen LogP contribution in [0.15, 0.2) is 6.33 Å². The van der Waals surface area contributed by atoms with Gasteiger partial charge in [0, 0.05) is 6.54 Å². The molecule has 1 aliphatic rings. The number of methoxy groups -OCH3 is 1. The average Bonchev–Trinajstić information content (AvgIpc) is 2.69. The van der Waals surface area contributed by atoms with Gasteiger partial charge in [-0.2, -0.15) is 0 Å². The van der Waals surface area contributed by atoms with E-state index < -0.39 is 0 Å². The third-order valence-electron chi connectivity index (χ3n) is 3.36. The van der Waals surface area contributed by atoms with E-state index in [1.165, 1.54) is 6.33 Å². The minimum atomic E-state index is 0.0678. The molecule has 0 spiro atoms. The molecule has 1 aromatic heterocycles. The quantitative estimate of drug-likeness (QED) is 0.786. The Balaban J connectivity index is 2.37.